The molecular formula is C29H20FN5Pt. The van der Waals surface area contributed by atoms with Gasteiger partial charge in [0.2, 0.25) is 6.08 Å². The Morgan fingerprint density at radius 1 is 0.889 bits per heavy atom. The van der Waals surface area contributed by atoms with E-state index < -0.39 is 11.5 Å². The Morgan fingerprint density at radius 3 is 2.47 bits per heavy atom. The summed E-state index contributed by atoms with van der Waals surface area (Å²) in [4.78, 5) is 12.1. The molecule has 0 fully saturated rings. The number of rotatable bonds is 4. The Morgan fingerprint density at radius 2 is 1.67 bits per heavy atom. The van der Waals surface area contributed by atoms with Crippen molar-refractivity contribution in [3.8, 4) is 16.9 Å². The fraction of sp³-hybridized carbons (Fsp3) is 0.103. The van der Waals surface area contributed by atoms with Crippen molar-refractivity contribution in [2.45, 2.75) is 19.3 Å². The molecule has 0 aliphatic carbocycles. The molecule has 6 rings (SSSR count). The van der Waals surface area contributed by atoms with Gasteiger partial charge in [0.05, 0.1) is 16.6 Å². The van der Waals surface area contributed by atoms with Crippen LogP contribution in [0.15, 0.2) is 85.1 Å². The first-order valence-corrected chi connectivity index (χ1v) is 11.3. The second kappa shape index (κ2) is 9.36. The van der Waals surface area contributed by atoms with Crippen molar-refractivity contribution in [2.75, 3.05) is 0 Å². The molecule has 0 saturated carbocycles. The molecule has 5 nitrogen and oxygen atoms in total. The standard InChI is InChI=1S/C29H20FN5.Pt/c1-29(2,26-16-8-13-23(33-26)20-17-31-28(30)32-18-20)27-22-12-5-6-14-25(22)35(34-27)24-15-7-10-19-9-3-4-11-21(19)24;/h3-14,16-17H,1-2H3;/q-2;+2. The largest absolute Gasteiger partial charge is 2.00 e. The Kier molecular flexibility index (Phi) is 6.23. The Labute approximate surface area is 222 Å². The first-order chi connectivity index (χ1) is 17.0. The Hall–Kier alpha value is -3.76. The predicted molar refractivity (Wildman–Crippen MR) is 134 cm³/mol. The molecule has 3 aromatic carbocycles. The molecule has 0 aliphatic heterocycles. The number of benzene rings is 3. The van der Waals surface area contributed by atoms with E-state index in [9.17, 15) is 4.39 Å². The van der Waals surface area contributed by atoms with Gasteiger partial charge in [0.1, 0.15) is 0 Å². The molecule has 0 spiro atoms. The summed E-state index contributed by atoms with van der Waals surface area (Å²) in [5.41, 5.74) is 4.25. The van der Waals surface area contributed by atoms with Crippen molar-refractivity contribution in [1.29, 1.82) is 0 Å². The van der Waals surface area contributed by atoms with Crippen LogP contribution in [0.1, 0.15) is 25.2 Å². The molecule has 0 aliphatic rings. The molecule has 0 bridgehead atoms. The van der Waals surface area contributed by atoms with Crippen molar-refractivity contribution in [3.63, 3.8) is 0 Å². The van der Waals surface area contributed by atoms with Gasteiger partial charge in [-0.1, -0.05) is 60.3 Å². The molecule has 7 heteroatoms. The second-order valence-electron chi connectivity index (χ2n) is 8.89. The van der Waals surface area contributed by atoms with E-state index in [-0.39, 0.29) is 21.1 Å². The van der Waals surface area contributed by atoms with Crippen LogP contribution in [-0.2, 0) is 26.5 Å². The van der Waals surface area contributed by atoms with Gasteiger partial charge in [-0.05, 0) is 43.6 Å². The average molecular weight is 653 g/mol. The van der Waals surface area contributed by atoms with Crippen molar-refractivity contribution in [1.82, 2.24) is 24.7 Å². The maximum absolute atomic E-state index is 13.2. The minimum absolute atomic E-state index is 0. The SMILES string of the molecule is CC(C)(c1cccc(-c2[c-]nc(F)nc2)n1)c1nn(-c2[c-]ccc3ccccc23)c2ccccc12.[Pt+2]. The summed E-state index contributed by atoms with van der Waals surface area (Å²) in [6.07, 6.45) is 3.25. The van der Waals surface area contributed by atoms with Crippen LogP contribution in [-0.4, -0.2) is 24.7 Å². The maximum atomic E-state index is 13.2. The van der Waals surface area contributed by atoms with E-state index in [0.717, 1.165) is 38.8 Å². The summed E-state index contributed by atoms with van der Waals surface area (Å²) in [7, 11) is 0. The van der Waals surface area contributed by atoms with Gasteiger partial charge in [0, 0.05) is 11.1 Å². The van der Waals surface area contributed by atoms with Gasteiger partial charge in [0.25, 0.3) is 0 Å². The predicted octanol–water partition coefficient (Wildman–Crippen LogP) is 6.09. The van der Waals surface area contributed by atoms with Gasteiger partial charge in [-0.2, -0.15) is 23.3 Å². The number of halogens is 1. The summed E-state index contributed by atoms with van der Waals surface area (Å²) in [6, 6.07) is 29.6. The van der Waals surface area contributed by atoms with E-state index in [1.807, 2.05) is 53.2 Å². The number of hydrogen-bond acceptors (Lipinski definition) is 4. The summed E-state index contributed by atoms with van der Waals surface area (Å²) in [5.74, 6) is 0. The zero-order chi connectivity index (χ0) is 24.0. The Bertz CT molecular complexity index is 1690. The van der Waals surface area contributed by atoms with E-state index >= 15 is 0 Å². The first kappa shape index (κ1) is 24.0. The monoisotopic (exact) mass is 652 g/mol. The molecule has 0 radical (unpaired) electrons. The minimum Gasteiger partial charge on any atom is -0.309 e. The molecule has 0 saturated heterocycles. The number of aromatic nitrogens is 5. The summed E-state index contributed by atoms with van der Waals surface area (Å²) >= 11 is 0. The number of pyridine rings is 1. The van der Waals surface area contributed by atoms with Crippen LogP contribution in [0.3, 0.4) is 0 Å². The van der Waals surface area contributed by atoms with Gasteiger partial charge in [-0.15, -0.1) is 16.8 Å². The fourth-order valence-electron chi connectivity index (χ4n) is 4.48. The van der Waals surface area contributed by atoms with Crippen molar-refractivity contribution >= 4 is 21.7 Å². The van der Waals surface area contributed by atoms with Crippen LogP contribution < -0.4 is 0 Å². The molecule has 0 atom stereocenters. The third-order valence-corrected chi connectivity index (χ3v) is 6.32. The maximum Gasteiger partial charge on any atom is 2.00 e. The molecule has 0 unspecified atom stereocenters. The molecule has 36 heavy (non-hydrogen) atoms. The van der Waals surface area contributed by atoms with E-state index in [4.69, 9.17) is 10.1 Å². The molecule has 3 heterocycles. The van der Waals surface area contributed by atoms with Crippen molar-refractivity contribution in [3.05, 3.63) is 115 Å². The number of nitrogens with zero attached hydrogens (tertiary/aromatic N) is 5. The van der Waals surface area contributed by atoms with Gasteiger partial charge in [-0.3, -0.25) is 4.68 Å². The number of para-hydroxylation sites is 1. The van der Waals surface area contributed by atoms with Gasteiger partial charge < -0.3 is 15.0 Å². The van der Waals surface area contributed by atoms with E-state index in [2.05, 4.69) is 66.4 Å². The van der Waals surface area contributed by atoms with Crippen LogP contribution in [0.25, 0.3) is 38.6 Å². The summed E-state index contributed by atoms with van der Waals surface area (Å²) in [5, 5.41) is 8.40. The average Bonchev–Trinajstić information content (AvgIpc) is 3.29. The van der Waals surface area contributed by atoms with Crippen LogP contribution >= 0.6 is 0 Å². The number of hydrogen-bond donors (Lipinski definition) is 0. The van der Waals surface area contributed by atoms with E-state index in [1.54, 1.807) is 0 Å². The fourth-order valence-corrected chi connectivity index (χ4v) is 4.48. The van der Waals surface area contributed by atoms with Gasteiger partial charge in [0.15, 0.2) is 0 Å². The van der Waals surface area contributed by atoms with Crippen LogP contribution in [0.4, 0.5) is 4.39 Å². The first-order valence-electron chi connectivity index (χ1n) is 11.3. The normalized spacial score (nSPS) is 11.5. The second-order valence-corrected chi connectivity index (χ2v) is 8.89. The number of fused-ring (bicyclic) bond motifs is 2. The zero-order valence-corrected chi connectivity index (χ0v) is 21.8. The quantitative estimate of drug-likeness (QED) is 0.171. The van der Waals surface area contributed by atoms with Crippen molar-refractivity contribution < 1.29 is 25.5 Å². The molecular weight excluding hydrogens is 632 g/mol. The third-order valence-electron chi connectivity index (χ3n) is 6.32. The van der Waals surface area contributed by atoms with Crippen LogP contribution in [0.5, 0.6) is 0 Å². The van der Waals surface area contributed by atoms with E-state index in [1.165, 1.54) is 6.20 Å². The van der Waals surface area contributed by atoms with Gasteiger partial charge >= 0.3 is 21.1 Å². The molecule has 0 N–H and O–H groups in total. The zero-order valence-electron chi connectivity index (χ0n) is 19.5. The van der Waals surface area contributed by atoms with Crippen molar-refractivity contribution in [2.24, 2.45) is 0 Å². The molecule has 178 valence electrons. The third kappa shape index (κ3) is 4.02. The summed E-state index contributed by atoms with van der Waals surface area (Å²) in [6.45, 7) is 4.21. The van der Waals surface area contributed by atoms with Crippen LogP contribution in [0.2, 0.25) is 0 Å². The topological polar surface area (TPSA) is 56.5 Å². The van der Waals surface area contributed by atoms with Gasteiger partial charge in [-0.25, -0.2) is 4.39 Å². The smallest absolute Gasteiger partial charge is 0.309 e. The van der Waals surface area contributed by atoms with Crippen LogP contribution in [0, 0.1) is 18.3 Å². The summed E-state index contributed by atoms with van der Waals surface area (Å²) < 4.78 is 15.2. The molecule has 6 aromatic rings. The Balaban J connectivity index is 0.00000267. The molecule has 0 amide bonds. The minimum atomic E-state index is -0.813. The molecule has 3 aromatic heterocycles. The van der Waals surface area contributed by atoms with E-state index in [0.29, 0.717) is 11.3 Å².